The highest BCUT2D eigenvalue weighted by Gasteiger charge is 2.12. The molecule has 0 saturated carbocycles. The highest BCUT2D eigenvalue weighted by atomic mass is 79.9. The average Bonchev–Trinajstić information content (AvgIpc) is 2.91. The quantitative estimate of drug-likeness (QED) is 0.334. The highest BCUT2D eigenvalue weighted by molar-refractivity contribution is 9.10. The van der Waals surface area contributed by atoms with Crippen molar-refractivity contribution in [3.63, 3.8) is 0 Å². The first-order chi connectivity index (χ1) is 10.0. The van der Waals surface area contributed by atoms with Crippen LogP contribution < -0.4 is 11.1 Å². The zero-order valence-electron chi connectivity index (χ0n) is 10.6. The summed E-state index contributed by atoms with van der Waals surface area (Å²) in [6.45, 7) is 0.0471. The zero-order chi connectivity index (χ0) is 15.4. The second kappa shape index (κ2) is 6.68. The van der Waals surface area contributed by atoms with Gasteiger partial charge in [-0.3, -0.25) is 4.79 Å². The molecule has 0 saturated heterocycles. The van der Waals surface area contributed by atoms with Gasteiger partial charge in [-0.15, -0.1) is 11.3 Å². The Morgan fingerprint density at radius 3 is 2.81 bits per heavy atom. The van der Waals surface area contributed by atoms with E-state index in [-0.39, 0.29) is 23.9 Å². The molecule has 2 aromatic rings. The maximum Gasteiger partial charge on any atom is 0.262 e. The van der Waals surface area contributed by atoms with Crippen LogP contribution in [0, 0.1) is 5.82 Å². The van der Waals surface area contributed by atoms with Crippen LogP contribution in [0.25, 0.3) is 0 Å². The summed E-state index contributed by atoms with van der Waals surface area (Å²) >= 11 is 4.56. The van der Waals surface area contributed by atoms with Gasteiger partial charge in [-0.25, -0.2) is 4.39 Å². The maximum absolute atomic E-state index is 13.9. The fraction of sp³-hybridized carbons (Fsp3) is 0.0769. The van der Waals surface area contributed by atoms with E-state index < -0.39 is 5.82 Å². The van der Waals surface area contributed by atoms with Crippen LogP contribution in [0.1, 0.15) is 20.8 Å². The molecule has 0 radical (unpaired) electrons. The van der Waals surface area contributed by atoms with E-state index in [1.165, 1.54) is 23.5 Å². The number of rotatable bonds is 4. The standard InChI is InChI=1S/C13H11BrFN3O2S/c14-9-3-4-21-11(9)13(19)17-6-8-2-1-7(5-10(8)15)12(16)18-20/h1-5,20H,6H2,(H2,16,18)(H,17,19). The highest BCUT2D eigenvalue weighted by Crippen LogP contribution is 2.22. The van der Waals surface area contributed by atoms with Crippen LogP contribution in [0.3, 0.4) is 0 Å². The van der Waals surface area contributed by atoms with Crippen molar-refractivity contribution < 1.29 is 14.4 Å². The van der Waals surface area contributed by atoms with Crippen molar-refractivity contribution in [3.8, 4) is 0 Å². The normalized spacial score (nSPS) is 11.4. The summed E-state index contributed by atoms with van der Waals surface area (Å²) in [5, 5.41) is 15.8. The van der Waals surface area contributed by atoms with Crippen molar-refractivity contribution in [2.24, 2.45) is 10.9 Å². The molecule has 4 N–H and O–H groups in total. The summed E-state index contributed by atoms with van der Waals surface area (Å²) in [6.07, 6.45) is 0. The zero-order valence-corrected chi connectivity index (χ0v) is 13.0. The number of amides is 1. The number of nitrogens with two attached hydrogens (primary N) is 1. The molecule has 21 heavy (non-hydrogen) atoms. The molecule has 1 aromatic carbocycles. The minimum atomic E-state index is -0.537. The third kappa shape index (κ3) is 3.59. The lowest BCUT2D eigenvalue weighted by atomic mass is 10.1. The number of oxime groups is 1. The molecule has 0 atom stereocenters. The van der Waals surface area contributed by atoms with Crippen molar-refractivity contribution in [2.45, 2.75) is 6.54 Å². The van der Waals surface area contributed by atoms with Crippen LogP contribution in [0.15, 0.2) is 39.3 Å². The van der Waals surface area contributed by atoms with Crippen LogP contribution >= 0.6 is 27.3 Å². The monoisotopic (exact) mass is 371 g/mol. The van der Waals surface area contributed by atoms with E-state index in [2.05, 4.69) is 26.4 Å². The molecule has 0 spiro atoms. The summed E-state index contributed by atoms with van der Waals surface area (Å²) in [4.78, 5) is 12.4. The van der Waals surface area contributed by atoms with Gasteiger partial charge in [-0.2, -0.15) is 0 Å². The Bertz CT molecular complexity index is 702. The molecule has 0 aliphatic carbocycles. The number of thiophene rings is 1. The Kier molecular flexibility index (Phi) is 4.92. The third-order valence-electron chi connectivity index (χ3n) is 2.72. The van der Waals surface area contributed by atoms with Crippen LogP contribution in [0.2, 0.25) is 0 Å². The van der Waals surface area contributed by atoms with E-state index in [9.17, 15) is 9.18 Å². The molecule has 1 amide bonds. The molecule has 1 heterocycles. The van der Waals surface area contributed by atoms with Gasteiger partial charge in [0, 0.05) is 22.1 Å². The smallest absolute Gasteiger partial charge is 0.262 e. The number of halogens is 2. The van der Waals surface area contributed by atoms with Gasteiger partial charge in [-0.1, -0.05) is 17.3 Å². The largest absolute Gasteiger partial charge is 0.409 e. The molecule has 1 aromatic heterocycles. The number of carbonyl (C=O) groups is 1. The van der Waals surface area contributed by atoms with E-state index >= 15 is 0 Å². The van der Waals surface area contributed by atoms with Crippen molar-refractivity contribution in [2.75, 3.05) is 0 Å². The van der Waals surface area contributed by atoms with Gasteiger partial charge < -0.3 is 16.3 Å². The van der Waals surface area contributed by atoms with Crippen LogP contribution in [0.5, 0.6) is 0 Å². The number of carbonyl (C=O) groups excluding carboxylic acids is 1. The van der Waals surface area contributed by atoms with Crippen molar-refractivity contribution >= 4 is 39.0 Å². The molecule has 0 aliphatic heterocycles. The summed E-state index contributed by atoms with van der Waals surface area (Å²) < 4.78 is 14.6. The first-order valence-electron chi connectivity index (χ1n) is 5.80. The Labute approximate surface area is 132 Å². The number of hydrogen-bond donors (Lipinski definition) is 3. The predicted molar refractivity (Wildman–Crippen MR) is 82.1 cm³/mol. The molecule has 0 aliphatic rings. The summed E-state index contributed by atoms with van der Waals surface area (Å²) in [6, 6.07) is 5.91. The van der Waals surface area contributed by atoms with Crippen molar-refractivity contribution in [1.29, 1.82) is 0 Å². The van der Waals surface area contributed by atoms with E-state index in [0.717, 1.165) is 6.07 Å². The summed E-state index contributed by atoms with van der Waals surface area (Å²) in [7, 11) is 0. The first kappa shape index (κ1) is 15.5. The van der Waals surface area contributed by atoms with E-state index in [4.69, 9.17) is 10.9 Å². The van der Waals surface area contributed by atoms with Gasteiger partial charge >= 0.3 is 0 Å². The van der Waals surface area contributed by atoms with E-state index in [1.807, 2.05) is 0 Å². The van der Waals surface area contributed by atoms with Crippen LogP contribution in [-0.4, -0.2) is 17.0 Å². The molecular weight excluding hydrogens is 361 g/mol. The maximum atomic E-state index is 13.9. The lowest BCUT2D eigenvalue weighted by molar-refractivity contribution is 0.0954. The Hall–Kier alpha value is -1.93. The van der Waals surface area contributed by atoms with E-state index in [0.29, 0.717) is 14.9 Å². The number of benzene rings is 1. The van der Waals surface area contributed by atoms with Crippen LogP contribution in [-0.2, 0) is 6.54 Å². The van der Waals surface area contributed by atoms with Crippen molar-refractivity contribution in [3.05, 3.63) is 55.9 Å². The Balaban J connectivity index is 2.07. The number of nitrogens with one attached hydrogen (secondary N) is 1. The minimum Gasteiger partial charge on any atom is -0.409 e. The fourth-order valence-electron chi connectivity index (χ4n) is 1.62. The molecule has 8 heteroatoms. The number of nitrogens with zero attached hydrogens (tertiary/aromatic N) is 1. The molecule has 5 nitrogen and oxygen atoms in total. The Morgan fingerprint density at radius 2 is 2.24 bits per heavy atom. The molecule has 0 bridgehead atoms. The number of amidine groups is 1. The van der Waals surface area contributed by atoms with Gasteiger partial charge in [0.05, 0.1) is 0 Å². The van der Waals surface area contributed by atoms with Gasteiger partial charge in [0.1, 0.15) is 10.7 Å². The first-order valence-corrected chi connectivity index (χ1v) is 7.47. The number of hydrogen-bond acceptors (Lipinski definition) is 4. The molecular formula is C13H11BrFN3O2S. The molecule has 0 unspecified atom stereocenters. The predicted octanol–water partition coefficient (Wildman–Crippen LogP) is 2.67. The lowest BCUT2D eigenvalue weighted by Crippen LogP contribution is -2.23. The van der Waals surface area contributed by atoms with Gasteiger partial charge in [0.2, 0.25) is 0 Å². The van der Waals surface area contributed by atoms with Gasteiger partial charge in [0.15, 0.2) is 5.84 Å². The SMILES string of the molecule is NC(=NO)c1ccc(CNC(=O)c2sccc2Br)c(F)c1. The van der Waals surface area contributed by atoms with Crippen LogP contribution in [0.4, 0.5) is 4.39 Å². The lowest BCUT2D eigenvalue weighted by Gasteiger charge is -2.07. The fourth-order valence-corrected chi connectivity index (χ4v) is 3.09. The second-order valence-corrected chi connectivity index (χ2v) is 5.84. The van der Waals surface area contributed by atoms with Gasteiger partial charge in [-0.05, 0) is 33.4 Å². The molecule has 2 rings (SSSR count). The van der Waals surface area contributed by atoms with Crippen molar-refractivity contribution in [1.82, 2.24) is 5.32 Å². The van der Waals surface area contributed by atoms with E-state index in [1.54, 1.807) is 11.4 Å². The topological polar surface area (TPSA) is 87.7 Å². The molecule has 0 fully saturated rings. The second-order valence-electron chi connectivity index (χ2n) is 4.07. The Morgan fingerprint density at radius 1 is 1.48 bits per heavy atom. The summed E-state index contributed by atoms with van der Waals surface area (Å²) in [5.74, 6) is -0.992. The van der Waals surface area contributed by atoms with Gasteiger partial charge in [0.25, 0.3) is 5.91 Å². The molecule has 110 valence electrons. The average molecular weight is 372 g/mol. The summed E-state index contributed by atoms with van der Waals surface area (Å²) in [5.41, 5.74) is 5.96. The minimum absolute atomic E-state index is 0.0471. The third-order valence-corrected chi connectivity index (χ3v) is 4.56.